The van der Waals surface area contributed by atoms with Gasteiger partial charge in [-0.2, -0.15) is 0 Å². The van der Waals surface area contributed by atoms with Crippen LogP contribution in [0.4, 0.5) is 8.78 Å². The van der Waals surface area contributed by atoms with Gasteiger partial charge >= 0.3 is 28.4 Å². The molecule has 4 rings (SSSR count). The fourth-order valence-corrected chi connectivity index (χ4v) is 2.55. The molecule has 0 aliphatic rings. The maximum atomic E-state index is 12.6. The summed E-state index contributed by atoms with van der Waals surface area (Å²) in [5.74, 6) is -0.389. The molecule has 0 bridgehead atoms. The molecule has 0 N–H and O–H groups in total. The van der Waals surface area contributed by atoms with Crippen molar-refractivity contribution in [3.63, 3.8) is 0 Å². The number of benzene rings is 4. The second-order valence-electron chi connectivity index (χ2n) is 5.75. The predicted molar refractivity (Wildman–Crippen MR) is 118 cm³/mol. The first-order chi connectivity index (χ1) is 13.7. The van der Waals surface area contributed by atoms with Gasteiger partial charge < -0.3 is 0 Å². The summed E-state index contributed by atoms with van der Waals surface area (Å²) in [5.41, 5.74) is 4.31. The van der Waals surface area contributed by atoms with E-state index in [1.807, 2.05) is 60.7 Å². The summed E-state index contributed by atoms with van der Waals surface area (Å²) in [6.07, 6.45) is 0. The van der Waals surface area contributed by atoms with Gasteiger partial charge in [-0.05, 0) is 46.5 Å². The molecule has 0 unspecified atom stereocenters. The van der Waals surface area contributed by atoms with Gasteiger partial charge in [0.25, 0.3) is 0 Å². The molecule has 28 heavy (non-hydrogen) atoms. The zero-order valence-corrected chi connectivity index (χ0v) is 18.8. The van der Waals surface area contributed by atoms with Gasteiger partial charge in [-0.1, -0.05) is 84.9 Å². The first kappa shape index (κ1) is 22.1. The summed E-state index contributed by atoms with van der Waals surface area (Å²) < 4.78 is 25.2. The van der Waals surface area contributed by atoms with E-state index in [1.54, 1.807) is 24.3 Å². The Hall–Kier alpha value is -2.22. The van der Waals surface area contributed by atoms with E-state index in [4.69, 9.17) is 0 Å². The van der Waals surface area contributed by atoms with E-state index in [2.05, 4.69) is 28.4 Å². The van der Waals surface area contributed by atoms with Crippen LogP contribution in [0.15, 0.2) is 109 Å². The molecule has 0 spiro atoms. The van der Waals surface area contributed by atoms with E-state index >= 15 is 0 Å². The molecule has 4 heteroatoms. The zero-order chi connectivity index (χ0) is 20.2. The normalized spacial score (nSPS) is 9.43. The molecule has 0 heterocycles. The van der Waals surface area contributed by atoms with Crippen LogP contribution in [0.5, 0.6) is 0 Å². The van der Waals surface area contributed by atoms with E-state index in [9.17, 15) is 8.78 Å². The van der Waals surface area contributed by atoms with Crippen LogP contribution in [0.25, 0.3) is 22.3 Å². The monoisotopic (exact) mass is 506 g/mol. The average molecular weight is 504 g/mol. The van der Waals surface area contributed by atoms with Crippen molar-refractivity contribution in [2.24, 2.45) is 0 Å². The first-order valence-corrected chi connectivity index (χ1v) is 13.7. The Bertz CT molecular complexity index is 843. The molecule has 142 valence electrons. The van der Waals surface area contributed by atoms with Gasteiger partial charge in [-0.25, -0.2) is 8.78 Å². The number of rotatable bonds is 2. The van der Waals surface area contributed by atoms with E-state index in [1.165, 1.54) is 24.3 Å². The Morgan fingerprint density at radius 1 is 0.357 bits per heavy atom. The molecular weight excluding hydrogens is 484 g/mol. The summed E-state index contributed by atoms with van der Waals surface area (Å²) in [4.78, 5) is 0. The first-order valence-electron chi connectivity index (χ1n) is 8.54. The summed E-state index contributed by atoms with van der Waals surface area (Å²) in [6.45, 7) is 0. The zero-order valence-electron chi connectivity index (χ0n) is 15.0. The fourth-order valence-electron chi connectivity index (χ4n) is 2.55. The number of halogens is 2. The quantitative estimate of drug-likeness (QED) is 0.308. The van der Waals surface area contributed by atoms with Crippen LogP contribution < -0.4 is 0 Å². The van der Waals surface area contributed by atoms with E-state index in [0.717, 1.165) is 22.3 Å². The van der Waals surface area contributed by atoms with Gasteiger partial charge in [0.15, 0.2) is 0 Å². The predicted octanol–water partition coefficient (Wildman–Crippen LogP) is 5.69. The van der Waals surface area contributed by atoms with Gasteiger partial charge in [0.2, 0.25) is 0 Å². The van der Waals surface area contributed by atoms with Crippen molar-refractivity contribution in [1.82, 2.24) is 0 Å². The van der Waals surface area contributed by atoms with Crippen molar-refractivity contribution >= 4 is 28.4 Å². The second-order valence-corrected chi connectivity index (χ2v) is 5.75. The molecule has 0 aromatic heterocycles. The van der Waals surface area contributed by atoms with Crippen molar-refractivity contribution in [2.75, 3.05) is 0 Å². The molecule has 4 aromatic rings. The molecule has 0 saturated carbocycles. The van der Waals surface area contributed by atoms with Gasteiger partial charge in [-0.3, -0.25) is 0 Å². The van der Waals surface area contributed by atoms with Gasteiger partial charge in [0, 0.05) is 0 Å². The van der Waals surface area contributed by atoms with Gasteiger partial charge in [0.05, 0.1) is 0 Å². The summed E-state index contributed by atoms with van der Waals surface area (Å²) in [5, 5.41) is 0. The Morgan fingerprint density at radius 3 is 0.893 bits per heavy atom. The molecule has 0 radical (unpaired) electrons. The summed E-state index contributed by atoms with van der Waals surface area (Å²) in [6, 6.07) is 32.9. The third-order valence-corrected chi connectivity index (χ3v) is 3.90. The third kappa shape index (κ3) is 7.07. The Kier molecular flexibility index (Phi) is 9.68. The molecule has 0 fully saturated rings. The standard InChI is InChI=1S/2C12H9F.H2Se2/c2*13-12-8-6-11(7-9-12)10-4-2-1-3-5-10;1-2/h2*1-9H;1-2H. The Labute approximate surface area is 179 Å². The van der Waals surface area contributed by atoms with Crippen LogP contribution in [-0.4, -0.2) is 28.4 Å². The molecule has 0 amide bonds. The molecule has 0 atom stereocenters. The Morgan fingerprint density at radius 2 is 0.607 bits per heavy atom. The van der Waals surface area contributed by atoms with E-state index in [0.29, 0.717) is 0 Å². The molecule has 0 nitrogen and oxygen atoms in total. The van der Waals surface area contributed by atoms with Gasteiger partial charge in [-0.15, -0.1) is 0 Å². The number of hydrogen-bond donors (Lipinski definition) is 0. The van der Waals surface area contributed by atoms with Crippen molar-refractivity contribution in [3.8, 4) is 22.3 Å². The molecule has 0 saturated heterocycles. The fraction of sp³-hybridized carbons (Fsp3) is 0. The van der Waals surface area contributed by atoms with Crippen LogP contribution in [0, 0.1) is 11.6 Å². The van der Waals surface area contributed by atoms with Crippen LogP contribution >= 0.6 is 0 Å². The Balaban J connectivity index is 0.000000184. The van der Waals surface area contributed by atoms with Crippen LogP contribution in [0.1, 0.15) is 0 Å². The maximum absolute atomic E-state index is 12.6. The van der Waals surface area contributed by atoms with Crippen molar-refractivity contribution in [2.45, 2.75) is 0 Å². The van der Waals surface area contributed by atoms with E-state index in [-0.39, 0.29) is 11.6 Å². The third-order valence-electron chi connectivity index (χ3n) is 3.90. The van der Waals surface area contributed by atoms with Crippen molar-refractivity contribution in [3.05, 3.63) is 121 Å². The minimum absolute atomic E-state index is 0.195. The van der Waals surface area contributed by atoms with Crippen molar-refractivity contribution in [1.29, 1.82) is 0 Å². The number of hydrogen-bond acceptors (Lipinski definition) is 0. The van der Waals surface area contributed by atoms with Crippen LogP contribution in [0.2, 0.25) is 0 Å². The van der Waals surface area contributed by atoms with E-state index < -0.39 is 0 Å². The molecule has 0 aliphatic carbocycles. The topological polar surface area (TPSA) is 0 Å². The van der Waals surface area contributed by atoms with Crippen LogP contribution in [-0.2, 0) is 0 Å². The molecule has 4 aromatic carbocycles. The SMILES string of the molecule is Fc1ccc(-c2ccccc2)cc1.Fc1ccc(-c2ccccc2)cc1.[SeH][SeH]. The van der Waals surface area contributed by atoms with Crippen molar-refractivity contribution < 1.29 is 8.78 Å². The average Bonchev–Trinajstić information content (AvgIpc) is 2.78. The molecule has 0 aliphatic heterocycles. The van der Waals surface area contributed by atoms with Crippen LogP contribution in [0.3, 0.4) is 0 Å². The summed E-state index contributed by atoms with van der Waals surface area (Å²) >= 11 is 4.50. The molecular formula is C24H20F2Se2. The summed E-state index contributed by atoms with van der Waals surface area (Å²) in [7, 11) is 0. The minimum atomic E-state index is -0.195. The second kappa shape index (κ2) is 12.3. The van der Waals surface area contributed by atoms with Gasteiger partial charge in [0.1, 0.15) is 11.6 Å².